The van der Waals surface area contributed by atoms with E-state index in [0.717, 1.165) is 5.56 Å². The molecule has 2 atom stereocenters. The minimum Gasteiger partial charge on any atom is -0.496 e. The Hall–Kier alpha value is -2.40. The van der Waals surface area contributed by atoms with Gasteiger partial charge in [-0.05, 0) is 36.6 Å². The third kappa shape index (κ3) is 3.99. The molecule has 3 rings (SSSR count). The molecule has 132 valence electrons. The average molecular weight is 343 g/mol. The van der Waals surface area contributed by atoms with Crippen LogP contribution in [0.2, 0.25) is 0 Å². The van der Waals surface area contributed by atoms with E-state index in [1.54, 1.807) is 4.90 Å². The molecule has 0 spiro atoms. The molecule has 0 aromatic heterocycles. The van der Waals surface area contributed by atoms with Crippen LogP contribution in [-0.4, -0.2) is 42.2 Å². The van der Waals surface area contributed by atoms with Crippen LogP contribution in [0.25, 0.3) is 0 Å². The minimum atomic E-state index is -0.470. The predicted molar refractivity (Wildman–Crippen MR) is 93.1 cm³/mol. The van der Waals surface area contributed by atoms with Crippen molar-refractivity contribution in [2.75, 3.05) is 20.2 Å². The van der Waals surface area contributed by atoms with Gasteiger partial charge in [0.1, 0.15) is 11.6 Å². The summed E-state index contributed by atoms with van der Waals surface area (Å²) in [5, 5.41) is 10.3. The van der Waals surface area contributed by atoms with E-state index in [4.69, 9.17) is 4.74 Å². The molecule has 25 heavy (non-hydrogen) atoms. The molecule has 2 aromatic carbocycles. The quantitative estimate of drug-likeness (QED) is 0.929. The van der Waals surface area contributed by atoms with Crippen LogP contribution in [0.4, 0.5) is 4.39 Å². The van der Waals surface area contributed by atoms with Crippen LogP contribution in [0.5, 0.6) is 5.75 Å². The van der Waals surface area contributed by atoms with Crippen molar-refractivity contribution < 1.29 is 19.0 Å². The number of benzene rings is 2. The fraction of sp³-hybridized carbons (Fsp3) is 0.350. The number of amides is 1. The highest BCUT2D eigenvalue weighted by Gasteiger charge is 2.31. The number of aliphatic hydroxyl groups is 1. The summed E-state index contributed by atoms with van der Waals surface area (Å²) in [6.07, 6.45) is 0.770. The first-order valence-corrected chi connectivity index (χ1v) is 8.43. The number of rotatable bonds is 4. The van der Waals surface area contributed by atoms with Gasteiger partial charge in [0.05, 0.1) is 18.8 Å². The molecule has 0 saturated carbocycles. The maximum Gasteiger partial charge on any atom is 0.257 e. The van der Waals surface area contributed by atoms with E-state index in [1.807, 2.05) is 30.3 Å². The van der Waals surface area contributed by atoms with Crippen LogP contribution in [0, 0.1) is 11.7 Å². The lowest BCUT2D eigenvalue weighted by atomic mass is 9.88. The Kier molecular flexibility index (Phi) is 5.34. The molecule has 0 aliphatic carbocycles. The second-order valence-electron chi connectivity index (χ2n) is 6.40. The lowest BCUT2D eigenvalue weighted by molar-refractivity contribution is 0.0239. The molecular formula is C20H22FNO3. The molecule has 1 amide bonds. The zero-order valence-electron chi connectivity index (χ0n) is 14.2. The predicted octanol–water partition coefficient (Wildman–Crippen LogP) is 2.90. The Labute approximate surface area is 146 Å². The number of halogens is 1. The van der Waals surface area contributed by atoms with E-state index in [-0.39, 0.29) is 17.4 Å². The molecule has 2 aromatic rings. The molecule has 1 heterocycles. The van der Waals surface area contributed by atoms with E-state index >= 15 is 0 Å². The van der Waals surface area contributed by atoms with E-state index < -0.39 is 11.9 Å². The third-order valence-electron chi connectivity index (χ3n) is 4.71. The maximum atomic E-state index is 13.6. The topological polar surface area (TPSA) is 49.8 Å². The van der Waals surface area contributed by atoms with Crippen LogP contribution in [0.1, 0.15) is 22.3 Å². The zero-order valence-corrected chi connectivity index (χ0v) is 14.2. The summed E-state index contributed by atoms with van der Waals surface area (Å²) in [7, 11) is 1.46. The molecule has 1 N–H and O–H groups in total. The van der Waals surface area contributed by atoms with E-state index in [0.29, 0.717) is 31.7 Å². The maximum absolute atomic E-state index is 13.6. The highest BCUT2D eigenvalue weighted by molar-refractivity contribution is 5.97. The van der Waals surface area contributed by atoms with Crippen LogP contribution in [0.15, 0.2) is 48.5 Å². The number of hydrogen-bond donors (Lipinski definition) is 1. The van der Waals surface area contributed by atoms with Crippen molar-refractivity contribution >= 4 is 5.91 Å². The number of piperidine rings is 1. The molecular weight excluding hydrogens is 321 g/mol. The Morgan fingerprint density at radius 2 is 2.04 bits per heavy atom. The summed E-state index contributed by atoms with van der Waals surface area (Å²) >= 11 is 0. The first-order chi connectivity index (χ1) is 12.1. The Morgan fingerprint density at radius 1 is 1.28 bits per heavy atom. The SMILES string of the molecule is COc1ccc(F)cc1C(=O)N1CC[C@H](O)[C@H](Cc2ccccc2)C1. The van der Waals surface area contributed by atoms with Crippen molar-refractivity contribution in [1.82, 2.24) is 4.90 Å². The summed E-state index contributed by atoms with van der Waals surface area (Å²) in [5.41, 5.74) is 1.35. The summed E-state index contributed by atoms with van der Waals surface area (Å²) in [5.74, 6) is -0.417. The summed E-state index contributed by atoms with van der Waals surface area (Å²) in [6, 6.07) is 13.9. The van der Waals surface area contributed by atoms with Gasteiger partial charge in [0, 0.05) is 19.0 Å². The number of nitrogens with zero attached hydrogens (tertiary/aromatic N) is 1. The van der Waals surface area contributed by atoms with Gasteiger partial charge in [-0.15, -0.1) is 0 Å². The molecule has 4 nitrogen and oxygen atoms in total. The number of aliphatic hydroxyl groups excluding tert-OH is 1. The van der Waals surface area contributed by atoms with Crippen LogP contribution >= 0.6 is 0 Å². The van der Waals surface area contributed by atoms with Crippen molar-refractivity contribution in [3.63, 3.8) is 0 Å². The van der Waals surface area contributed by atoms with Crippen molar-refractivity contribution in [3.05, 3.63) is 65.5 Å². The van der Waals surface area contributed by atoms with Gasteiger partial charge in [-0.1, -0.05) is 30.3 Å². The molecule has 1 aliphatic heterocycles. The van der Waals surface area contributed by atoms with Crippen LogP contribution in [0.3, 0.4) is 0 Å². The van der Waals surface area contributed by atoms with Gasteiger partial charge in [-0.25, -0.2) is 4.39 Å². The van der Waals surface area contributed by atoms with Crippen LogP contribution < -0.4 is 4.74 Å². The minimum absolute atomic E-state index is 0.0420. The smallest absolute Gasteiger partial charge is 0.257 e. The van der Waals surface area contributed by atoms with Gasteiger partial charge in [-0.2, -0.15) is 0 Å². The van der Waals surface area contributed by atoms with Gasteiger partial charge in [0.15, 0.2) is 0 Å². The van der Waals surface area contributed by atoms with E-state index in [1.165, 1.54) is 25.3 Å². The van der Waals surface area contributed by atoms with Gasteiger partial charge >= 0.3 is 0 Å². The summed E-state index contributed by atoms with van der Waals surface area (Å²) in [4.78, 5) is 14.5. The fourth-order valence-electron chi connectivity index (χ4n) is 3.34. The number of carbonyl (C=O) groups is 1. The molecule has 1 saturated heterocycles. The fourth-order valence-corrected chi connectivity index (χ4v) is 3.34. The molecule has 0 bridgehead atoms. The average Bonchev–Trinajstić information content (AvgIpc) is 2.64. The number of likely N-dealkylation sites (tertiary alicyclic amines) is 1. The largest absolute Gasteiger partial charge is 0.496 e. The van der Waals surface area contributed by atoms with Crippen molar-refractivity contribution in [3.8, 4) is 5.75 Å². The monoisotopic (exact) mass is 343 g/mol. The standard InChI is InChI=1S/C20H22FNO3/c1-25-19-8-7-16(21)12-17(19)20(24)22-10-9-18(23)15(13-22)11-14-5-3-2-4-6-14/h2-8,12,15,18,23H,9-11,13H2,1H3/t15-,18+/m1/s1. The molecule has 5 heteroatoms. The number of hydrogen-bond acceptors (Lipinski definition) is 3. The van der Waals surface area contributed by atoms with E-state index in [9.17, 15) is 14.3 Å². The van der Waals surface area contributed by atoms with Gasteiger partial charge in [0.2, 0.25) is 0 Å². The van der Waals surface area contributed by atoms with Gasteiger partial charge in [0.25, 0.3) is 5.91 Å². The molecule has 1 aliphatic rings. The second kappa shape index (κ2) is 7.66. The van der Waals surface area contributed by atoms with Crippen LogP contribution in [-0.2, 0) is 6.42 Å². The number of methoxy groups -OCH3 is 1. The number of carbonyl (C=O) groups excluding carboxylic acids is 1. The van der Waals surface area contributed by atoms with Crippen molar-refractivity contribution in [2.45, 2.75) is 18.9 Å². The van der Waals surface area contributed by atoms with Gasteiger partial charge in [-0.3, -0.25) is 4.79 Å². The molecule has 1 fully saturated rings. The summed E-state index contributed by atoms with van der Waals surface area (Å²) in [6.45, 7) is 0.888. The first kappa shape index (κ1) is 17.4. The first-order valence-electron chi connectivity index (χ1n) is 8.43. The zero-order chi connectivity index (χ0) is 17.8. The van der Waals surface area contributed by atoms with Gasteiger partial charge < -0.3 is 14.7 Å². The van der Waals surface area contributed by atoms with E-state index in [2.05, 4.69) is 0 Å². The highest BCUT2D eigenvalue weighted by Crippen LogP contribution is 2.26. The summed E-state index contributed by atoms with van der Waals surface area (Å²) < 4.78 is 18.8. The lowest BCUT2D eigenvalue weighted by Gasteiger charge is -2.36. The molecule has 0 radical (unpaired) electrons. The third-order valence-corrected chi connectivity index (χ3v) is 4.71. The van der Waals surface area contributed by atoms with Crippen molar-refractivity contribution in [2.24, 2.45) is 5.92 Å². The lowest BCUT2D eigenvalue weighted by Crippen LogP contribution is -2.46. The Balaban J connectivity index is 1.76. The van der Waals surface area contributed by atoms with Crippen molar-refractivity contribution in [1.29, 1.82) is 0 Å². The second-order valence-corrected chi connectivity index (χ2v) is 6.40. The Bertz CT molecular complexity index is 735. The number of ether oxygens (including phenoxy) is 1. The normalized spacial score (nSPS) is 20.4. The Morgan fingerprint density at radius 3 is 2.76 bits per heavy atom. The molecule has 0 unspecified atom stereocenters. The highest BCUT2D eigenvalue weighted by atomic mass is 19.1.